The number of fused-ring (bicyclic) bond motifs is 1. The number of hydrogen-bond acceptors (Lipinski definition) is 1. The average Bonchev–Trinajstić information content (AvgIpc) is 2.15. The summed E-state index contributed by atoms with van der Waals surface area (Å²) in [6.07, 6.45) is 1.96. The largest absolute Gasteiger partial charge is 0.261 e. The van der Waals surface area contributed by atoms with Crippen LogP contribution in [0.25, 0.3) is 10.8 Å². The van der Waals surface area contributed by atoms with Gasteiger partial charge in [0.15, 0.2) is 0 Å². The minimum Gasteiger partial charge on any atom is -0.261 e. The summed E-state index contributed by atoms with van der Waals surface area (Å²) in [4.78, 5) is 4.33. The van der Waals surface area contributed by atoms with Crippen molar-refractivity contribution in [2.75, 3.05) is 0 Å². The fourth-order valence-corrected chi connectivity index (χ4v) is 1.72. The highest BCUT2D eigenvalue weighted by Gasteiger charge is 2.13. The fraction of sp³-hybridized carbons (Fsp3) is 0.357. The molecule has 0 aliphatic heterocycles. The fourth-order valence-electron chi connectivity index (χ4n) is 1.72. The van der Waals surface area contributed by atoms with Gasteiger partial charge in [0.05, 0.1) is 0 Å². The SMILES string of the molecule is Cc1cc2ccc(C(C)(C)C)cc2cn1. The third kappa shape index (κ3) is 2.01. The lowest BCUT2D eigenvalue weighted by molar-refractivity contribution is 0.591. The second-order valence-corrected chi connectivity index (χ2v) is 5.14. The van der Waals surface area contributed by atoms with E-state index in [0.29, 0.717) is 0 Å². The van der Waals surface area contributed by atoms with Crippen LogP contribution in [-0.4, -0.2) is 4.98 Å². The predicted molar refractivity (Wildman–Crippen MR) is 65.2 cm³/mol. The first kappa shape index (κ1) is 10.2. The molecule has 0 saturated heterocycles. The maximum atomic E-state index is 4.33. The molecule has 0 spiro atoms. The van der Waals surface area contributed by atoms with E-state index in [-0.39, 0.29) is 5.41 Å². The molecular weight excluding hydrogens is 182 g/mol. The maximum Gasteiger partial charge on any atom is 0.0379 e. The zero-order chi connectivity index (χ0) is 11.1. The second-order valence-electron chi connectivity index (χ2n) is 5.14. The smallest absolute Gasteiger partial charge is 0.0379 e. The van der Waals surface area contributed by atoms with E-state index in [1.165, 1.54) is 16.3 Å². The molecule has 0 bridgehead atoms. The first-order chi connectivity index (χ1) is 6.97. The Bertz CT molecular complexity index is 492. The minimum absolute atomic E-state index is 0.207. The standard InChI is InChI=1S/C14H17N/c1-10-7-11-5-6-13(14(2,3)4)8-12(11)9-15-10/h5-9H,1-4H3. The van der Waals surface area contributed by atoms with Crippen LogP contribution in [-0.2, 0) is 5.41 Å². The number of pyridine rings is 1. The van der Waals surface area contributed by atoms with Gasteiger partial charge in [0.25, 0.3) is 0 Å². The van der Waals surface area contributed by atoms with Gasteiger partial charge in [-0.1, -0.05) is 32.9 Å². The number of benzene rings is 1. The van der Waals surface area contributed by atoms with Crippen molar-refractivity contribution in [3.8, 4) is 0 Å². The molecule has 0 radical (unpaired) electrons. The Morgan fingerprint density at radius 3 is 2.40 bits per heavy atom. The van der Waals surface area contributed by atoms with Gasteiger partial charge in [-0.3, -0.25) is 4.98 Å². The van der Waals surface area contributed by atoms with Crippen LogP contribution in [0.4, 0.5) is 0 Å². The number of rotatable bonds is 0. The van der Waals surface area contributed by atoms with E-state index in [4.69, 9.17) is 0 Å². The number of nitrogens with zero attached hydrogens (tertiary/aromatic N) is 1. The van der Waals surface area contributed by atoms with Crippen LogP contribution in [0, 0.1) is 6.92 Å². The molecule has 0 N–H and O–H groups in total. The van der Waals surface area contributed by atoms with Gasteiger partial charge < -0.3 is 0 Å². The Morgan fingerprint density at radius 2 is 1.73 bits per heavy atom. The molecule has 2 rings (SSSR count). The van der Waals surface area contributed by atoms with Gasteiger partial charge in [-0.25, -0.2) is 0 Å². The summed E-state index contributed by atoms with van der Waals surface area (Å²) in [7, 11) is 0. The zero-order valence-corrected chi connectivity index (χ0v) is 9.83. The molecule has 1 aromatic carbocycles. The first-order valence-corrected chi connectivity index (χ1v) is 5.34. The van der Waals surface area contributed by atoms with Gasteiger partial charge in [-0.05, 0) is 35.4 Å². The van der Waals surface area contributed by atoms with Crippen LogP contribution < -0.4 is 0 Å². The molecule has 78 valence electrons. The highest BCUT2D eigenvalue weighted by molar-refractivity contribution is 5.82. The van der Waals surface area contributed by atoms with Crippen molar-refractivity contribution in [3.05, 3.63) is 41.7 Å². The summed E-state index contributed by atoms with van der Waals surface area (Å²) in [6, 6.07) is 8.76. The van der Waals surface area contributed by atoms with E-state index < -0.39 is 0 Å². The van der Waals surface area contributed by atoms with Crippen LogP contribution in [0.2, 0.25) is 0 Å². The summed E-state index contributed by atoms with van der Waals surface area (Å²) >= 11 is 0. The molecule has 0 aliphatic rings. The average molecular weight is 199 g/mol. The van der Waals surface area contributed by atoms with Crippen LogP contribution in [0.3, 0.4) is 0 Å². The molecule has 15 heavy (non-hydrogen) atoms. The van der Waals surface area contributed by atoms with Crippen molar-refractivity contribution >= 4 is 10.8 Å². The molecule has 1 aromatic heterocycles. The van der Waals surface area contributed by atoms with Gasteiger partial charge in [0.1, 0.15) is 0 Å². The van der Waals surface area contributed by atoms with Crippen molar-refractivity contribution in [2.45, 2.75) is 33.1 Å². The molecule has 1 heteroatoms. The Morgan fingerprint density at radius 1 is 1.00 bits per heavy atom. The molecule has 0 unspecified atom stereocenters. The molecule has 0 amide bonds. The zero-order valence-electron chi connectivity index (χ0n) is 9.83. The van der Waals surface area contributed by atoms with Crippen molar-refractivity contribution < 1.29 is 0 Å². The second kappa shape index (κ2) is 3.34. The summed E-state index contributed by atoms with van der Waals surface area (Å²) in [5.41, 5.74) is 2.64. The summed E-state index contributed by atoms with van der Waals surface area (Å²) in [5.74, 6) is 0. The highest BCUT2D eigenvalue weighted by Crippen LogP contribution is 2.25. The van der Waals surface area contributed by atoms with Crippen LogP contribution in [0.1, 0.15) is 32.0 Å². The molecular formula is C14H17N. The maximum absolute atomic E-state index is 4.33. The Labute approximate surface area is 91.2 Å². The molecule has 0 aliphatic carbocycles. The van der Waals surface area contributed by atoms with Crippen LogP contribution in [0.5, 0.6) is 0 Å². The molecule has 0 atom stereocenters. The lowest BCUT2D eigenvalue weighted by atomic mass is 9.86. The third-order valence-corrected chi connectivity index (χ3v) is 2.72. The first-order valence-electron chi connectivity index (χ1n) is 5.34. The lowest BCUT2D eigenvalue weighted by Crippen LogP contribution is -2.10. The predicted octanol–water partition coefficient (Wildman–Crippen LogP) is 3.84. The van der Waals surface area contributed by atoms with E-state index >= 15 is 0 Å². The third-order valence-electron chi connectivity index (χ3n) is 2.72. The van der Waals surface area contributed by atoms with E-state index in [0.717, 1.165) is 5.69 Å². The van der Waals surface area contributed by atoms with Gasteiger partial charge in [0.2, 0.25) is 0 Å². The molecule has 2 aromatic rings. The summed E-state index contributed by atoms with van der Waals surface area (Å²) in [6.45, 7) is 8.72. The molecule has 0 fully saturated rings. The Balaban J connectivity index is 2.62. The minimum atomic E-state index is 0.207. The van der Waals surface area contributed by atoms with Gasteiger partial charge in [-0.15, -0.1) is 0 Å². The van der Waals surface area contributed by atoms with Crippen molar-refractivity contribution in [2.24, 2.45) is 0 Å². The van der Waals surface area contributed by atoms with E-state index in [2.05, 4.69) is 50.0 Å². The van der Waals surface area contributed by atoms with Crippen LogP contribution in [0.15, 0.2) is 30.5 Å². The lowest BCUT2D eigenvalue weighted by Gasteiger charge is -2.19. The summed E-state index contributed by atoms with van der Waals surface area (Å²) < 4.78 is 0. The topological polar surface area (TPSA) is 12.9 Å². The van der Waals surface area contributed by atoms with E-state index in [9.17, 15) is 0 Å². The monoisotopic (exact) mass is 199 g/mol. The summed E-state index contributed by atoms with van der Waals surface area (Å²) in [5, 5.41) is 2.50. The molecule has 1 heterocycles. The van der Waals surface area contributed by atoms with Crippen molar-refractivity contribution in [1.29, 1.82) is 0 Å². The molecule has 1 nitrogen and oxygen atoms in total. The van der Waals surface area contributed by atoms with Gasteiger partial charge in [0, 0.05) is 17.3 Å². The van der Waals surface area contributed by atoms with Gasteiger partial charge >= 0.3 is 0 Å². The van der Waals surface area contributed by atoms with Gasteiger partial charge in [-0.2, -0.15) is 0 Å². The number of aromatic nitrogens is 1. The highest BCUT2D eigenvalue weighted by atomic mass is 14.6. The van der Waals surface area contributed by atoms with E-state index in [1.807, 2.05) is 13.1 Å². The van der Waals surface area contributed by atoms with Crippen LogP contribution >= 0.6 is 0 Å². The van der Waals surface area contributed by atoms with Crippen molar-refractivity contribution in [3.63, 3.8) is 0 Å². The quantitative estimate of drug-likeness (QED) is 0.628. The van der Waals surface area contributed by atoms with E-state index in [1.54, 1.807) is 0 Å². The Kier molecular flexibility index (Phi) is 2.26. The molecule has 0 saturated carbocycles. The Hall–Kier alpha value is -1.37. The normalized spacial score (nSPS) is 12.0. The number of hydrogen-bond donors (Lipinski definition) is 0. The number of aryl methyl sites for hydroxylation is 1. The van der Waals surface area contributed by atoms with Crippen molar-refractivity contribution in [1.82, 2.24) is 4.98 Å².